The maximum atomic E-state index is 13.2. The molecule has 1 atom stereocenters. The number of rotatable bonds is 7. The Balaban J connectivity index is 6.42. The highest BCUT2D eigenvalue weighted by Crippen LogP contribution is 2.62. The van der Waals surface area contributed by atoms with Crippen molar-refractivity contribution in [3.05, 3.63) is 0 Å². The summed E-state index contributed by atoms with van der Waals surface area (Å²) < 4.78 is 190. The lowest BCUT2D eigenvalue weighted by Gasteiger charge is -2.41. The van der Waals surface area contributed by atoms with Gasteiger partial charge in [0.15, 0.2) is 0 Å². The lowest BCUT2D eigenvalue weighted by Crippen LogP contribution is -2.72. The predicted molar refractivity (Wildman–Crippen MR) is 63.8 cm³/mol. The second kappa shape index (κ2) is 6.63. The molecule has 0 aliphatic heterocycles. The van der Waals surface area contributed by atoms with Crippen molar-refractivity contribution in [2.45, 2.75) is 59.0 Å². The monoisotopic (exact) mass is 538 g/mol. The van der Waals surface area contributed by atoms with Crippen LogP contribution >= 0.6 is 22.6 Å². The second-order valence-electron chi connectivity index (χ2n) is 5.06. The van der Waals surface area contributed by atoms with Gasteiger partial charge in [-0.15, -0.1) is 0 Å². The minimum Gasteiger partial charge on any atom is -0.200 e. The fourth-order valence-electron chi connectivity index (χ4n) is 1.48. The van der Waals surface area contributed by atoms with Crippen LogP contribution in [0.5, 0.6) is 0 Å². The lowest BCUT2D eigenvalue weighted by molar-refractivity contribution is -0.452. The Morgan fingerprint density at radius 3 is 1.08 bits per heavy atom. The zero-order valence-corrected chi connectivity index (χ0v) is 14.0. The van der Waals surface area contributed by atoms with Gasteiger partial charge in [-0.1, -0.05) is 29.5 Å². The highest BCUT2D eigenvalue weighted by Gasteiger charge is 2.93. The zero-order chi connectivity index (χ0) is 21.8. The molecule has 0 N–H and O–H groups in total. The van der Waals surface area contributed by atoms with Gasteiger partial charge < -0.3 is 0 Å². The van der Waals surface area contributed by atoms with Crippen LogP contribution in [0, 0.1) is 0 Å². The molecular weight excluding hydrogens is 532 g/mol. The van der Waals surface area contributed by atoms with E-state index in [2.05, 4.69) is 0 Å². The van der Waals surface area contributed by atoms with E-state index >= 15 is 0 Å². The van der Waals surface area contributed by atoms with Crippen LogP contribution in [0.15, 0.2) is 0 Å². The van der Waals surface area contributed by atoms with Crippen molar-refractivity contribution in [2.75, 3.05) is 0 Å². The van der Waals surface area contributed by atoms with Crippen molar-refractivity contribution in [2.24, 2.45) is 0 Å². The molecule has 158 valence electrons. The van der Waals surface area contributed by atoms with Crippen molar-refractivity contribution >= 4 is 22.6 Å². The van der Waals surface area contributed by atoms with Gasteiger partial charge in [0.05, 0.1) is 0 Å². The van der Waals surface area contributed by atoms with Gasteiger partial charge in [0, 0.05) is 10.3 Å². The van der Waals surface area contributed by atoms with E-state index in [-0.39, 0.29) is 0 Å². The molecule has 0 rings (SSSR count). The minimum atomic E-state index is -8.21. The molecule has 0 aromatic rings. The summed E-state index contributed by atoms with van der Waals surface area (Å²) in [6.45, 7) is 0.688. The first kappa shape index (κ1) is 25.7. The van der Waals surface area contributed by atoms with Gasteiger partial charge in [0.1, 0.15) is 0 Å². The Labute approximate surface area is 148 Å². The van der Waals surface area contributed by atoms with Crippen LogP contribution in [-0.2, 0) is 0 Å². The Bertz CT molecular complexity index is 503. The van der Waals surface area contributed by atoms with E-state index in [4.69, 9.17) is 0 Å². The fraction of sp³-hybridized carbons (Fsp3) is 1.00. The van der Waals surface area contributed by atoms with Crippen LogP contribution < -0.4 is 0 Å². The molecule has 0 heterocycles. The molecule has 0 fully saturated rings. The van der Waals surface area contributed by atoms with Crippen LogP contribution in [0.25, 0.3) is 0 Å². The Morgan fingerprint density at radius 2 is 0.808 bits per heavy atom. The largest absolute Gasteiger partial charge is 0.460 e. The number of halogens is 16. The van der Waals surface area contributed by atoms with Gasteiger partial charge in [-0.3, -0.25) is 0 Å². The maximum absolute atomic E-state index is 13.2. The Kier molecular flexibility index (Phi) is 6.55. The third-order valence-electron chi connectivity index (χ3n) is 2.93. The molecular formula is C10H6F15I. The van der Waals surface area contributed by atoms with Crippen LogP contribution in [0.2, 0.25) is 0 Å². The summed E-state index contributed by atoms with van der Waals surface area (Å²) in [4.78, 5) is 0. The van der Waals surface area contributed by atoms with Gasteiger partial charge in [-0.05, 0) is 0 Å². The Hall–Kier alpha value is -0.320. The third-order valence-corrected chi connectivity index (χ3v) is 3.37. The zero-order valence-electron chi connectivity index (χ0n) is 11.8. The average molecular weight is 538 g/mol. The first-order valence-electron chi connectivity index (χ1n) is 5.89. The molecule has 0 aromatic carbocycles. The van der Waals surface area contributed by atoms with Crippen LogP contribution in [-0.4, -0.2) is 45.6 Å². The molecule has 0 bridgehead atoms. The molecule has 0 aromatic heterocycles. The smallest absolute Gasteiger partial charge is 0.200 e. The van der Waals surface area contributed by atoms with E-state index in [9.17, 15) is 65.9 Å². The molecule has 0 aliphatic rings. The standard InChI is InChI=1S/C10H6F15I/c1-3(26)2-4(11,12)5(13,14)6(15,16)7(17,18)8(19,20)9(21,22)10(23,24)25/h3H,2H2,1H3/t3-/m1/s1. The van der Waals surface area contributed by atoms with Crippen molar-refractivity contribution < 1.29 is 65.9 Å². The molecule has 0 spiro atoms. The average Bonchev–Trinajstić information content (AvgIpc) is 2.34. The van der Waals surface area contributed by atoms with Crippen molar-refractivity contribution in [3.63, 3.8) is 0 Å². The first-order chi connectivity index (χ1) is 10.9. The highest BCUT2D eigenvalue weighted by atomic mass is 127. The number of alkyl halides is 16. The van der Waals surface area contributed by atoms with Crippen LogP contribution in [0.1, 0.15) is 13.3 Å². The van der Waals surface area contributed by atoms with Gasteiger partial charge in [-0.25, -0.2) is 0 Å². The maximum Gasteiger partial charge on any atom is 0.460 e. The molecule has 0 radical (unpaired) electrons. The number of hydrogen-bond donors (Lipinski definition) is 0. The van der Waals surface area contributed by atoms with Gasteiger partial charge in [-0.2, -0.15) is 65.9 Å². The van der Waals surface area contributed by atoms with Crippen LogP contribution in [0.3, 0.4) is 0 Å². The summed E-state index contributed by atoms with van der Waals surface area (Å²) in [6, 6.07) is 0. The summed E-state index contributed by atoms with van der Waals surface area (Å²) >= 11 is 0.934. The first-order valence-corrected chi connectivity index (χ1v) is 7.14. The fourth-order valence-corrected chi connectivity index (χ4v) is 2.03. The summed E-state index contributed by atoms with van der Waals surface area (Å²) in [5.74, 6) is -45.8. The lowest BCUT2D eigenvalue weighted by atomic mass is 9.90. The predicted octanol–water partition coefficient (Wildman–Crippen LogP) is 6.57. The molecule has 0 amide bonds. The second-order valence-corrected chi connectivity index (χ2v) is 7.19. The topological polar surface area (TPSA) is 0 Å². The minimum absolute atomic E-state index is 0.688. The third kappa shape index (κ3) is 3.54. The molecule has 16 heteroatoms. The summed E-state index contributed by atoms with van der Waals surface area (Å²) in [5, 5.41) is 0. The van der Waals surface area contributed by atoms with Crippen molar-refractivity contribution in [1.29, 1.82) is 0 Å². The van der Waals surface area contributed by atoms with Crippen molar-refractivity contribution in [1.82, 2.24) is 0 Å². The molecule has 0 nitrogen and oxygen atoms in total. The van der Waals surface area contributed by atoms with Gasteiger partial charge in [0.25, 0.3) is 0 Å². The van der Waals surface area contributed by atoms with E-state index in [1.165, 1.54) is 0 Å². The number of hydrogen-bond acceptors (Lipinski definition) is 0. The normalized spacial score (nSPS) is 17.4. The quantitative estimate of drug-likeness (QED) is 0.196. The summed E-state index contributed by atoms with van der Waals surface area (Å²) in [5.41, 5.74) is 0. The molecule has 0 saturated carbocycles. The summed E-state index contributed by atoms with van der Waals surface area (Å²) in [7, 11) is 0. The molecule has 0 saturated heterocycles. The highest BCUT2D eigenvalue weighted by molar-refractivity contribution is 14.1. The van der Waals surface area contributed by atoms with E-state index in [1.807, 2.05) is 0 Å². The van der Waals surface area contributed by atoms with Gasteiger partial charge >= 0.3 is 41.7 Å². The van der Waals surface area contributed by atoms with Gasteiger partial charge in [0.2, 0.25) is 0 Å². The van der Waals surface area contributed by atoms with Crippen LogP contribution in [0.4, 0.5) is 65.9 Å². The van der Waals surface area contributed by atoms with E-state index in [0.717, 1.165) is 22.6 Å². The molecule has 0 aliphatic carbocycles. The summed E-state index contributed by atoms with van der Waals surface area (Å²) in [6.07, 6.45) is -9.88. The van der Waals surface area contributed by atoms with E-state index < -0.39 is 52.1 Å². The van der Waals surface area contributed by atoms with E-state index in [0.29, 0.717) is 6.92 Å². The van der Waals surface area contributed by atoms with E-state index in [1.54, 1.807) is 0 Å². The van der Waals surface area contributed by atoms with Crippen molar-refractivity contribution in [3.8, 4) is 0 Å². The molecule has 0 unspecified atom stereocenters. The molecule has 26 heavy (non-hydrogen) atoms. The SMILES string of the molecule is C[C@@H](I)CC(F)(F)C(F)(F)C(F)(F)C(F)(F)C(F)(F)C(F)(F)C(F)(F)F. The Morgan fingerprint density at radius 1 is 0.538 bits per heavy atom.